The standard InChI is InChI=1S/C12H12F6O2/c1-7(9(19)8-5-3-2-4-6-8)10(20,11(13,14)15)12(16,17)18/h2-7,9,19-20H,1H3/t7-,9-/m1/s1. The fourth-order valence-electron chi connectivity index (χ4n) is 1.84. The van der Waals surface area contributed by atoms with Crippen LogP contribution >= 0.6 is 0 Å². The van der Waals surface area contributed by atoms with Gasteiger partial charge in [0.2, 0.25) is 0 Å². The Bertz CT molecular complexity index is 426. The third-order valence-electron chi connectivity index (χ3n) is 3.14. The first-order valence-electron chi connectivity index (χ1n) is 5.51. The van der Waals surface area contributed by atoms with Crippen LogP contribution in [0.25, 0.3) is 0 Å². The molecule has 2 N–H and O–H groups in total. The van der Waals surface area contributed by atoms with E-state index < -0.39 is 30.0 Å². The molecule has 0 fully saturated rings. The van der Waals surface area contributed by atoms with E-state index in [0.717, 1.165) is 0 Å². The van der Waals surface area contributed by atoms with Gasteiger partial charge in [0.1, 0.15) is 0 Å². The molecule has 0 aliphatic heterocycles. The Morgan fingerprint density at radius 2 is 1.30 bits per heavy atom. The van der Waals surface area contributed by atoms with Gasteiger partial charge in [-0.25, -0.2) is 0 Å². The number of hydrogen-bond acceptors (Lipinski definition) is 2. The summed E-state index contributed by atoms with van der Waals surface area (Å²) < 4.78 is 75.9. The van der Waals surface area contributed by atoms with Gasteiger partial charge in [-0.3, -0.25) is 0 Å². The summed E-state index contributed by atoms with van der Waals surface area (Å²) in [4.78, 5) is 0. The third-order valence-corrected chi connectivity index (χ3v) is 3.14. The Morgan fingerprint density at radius 3 is 1.65 bits per heavy atom. The lowest BCUT2D eigenvalue weighted by molar-refractivity contribution is -0.389. The highest BCUT2D eigenvalue weighted by atomic mass is 19.4. The summed E-state index contributed by atoms with van der Waals surface area (Å²) in [6, 6.07) is 6.54. The second-order valence-corrected chi connectivity index (χ2v) is 4.41. The number of aliphatic hydroxyl groups is 2. The smallest absolute Gasteiger partial charge is 0.388 e. The van der Waals surface area contributed by atoms with Gasteiger partial charge in [0.05, 0.1) is 6.10 Å². The molecule has 0 saturated heterocycles. The van der Waals surface area contributed by atoms with Gasteiger partial charge < -0.3 is 10.2 Å². The summed E-state index contributed by atoms with van der Waals surface area (Å²) >= 11 is 0. The molecule has 1 rings (SSSR count). The Balaban J connectivity index is 3.23. The maximum absolute atomic E-state index is 12.6. The first-order chi connectivity index (χ1) is 8.93. The van der Waals surface area contributed by atoms with Gasteiger partial charge in [-0.15, -0.1) is 0 Å². The van der Waals surface area contributed by atoms with Crippen molar-refractivity contribution in [2.24, 2.45) is 5.92 Å². The van der Waals surface area contributed by atoms with E-state index in [9.17, 15) is 36.6 Å². The number of aliphatic hydroxyl groups excluding tert-OH is 1. The summed E-state index contributed by atoms with van der Waals surface area (Å²) in [5.74, 6) is -2.52. The van der Waals surface area contributed by atoms with Crippen LogP contribution in [0.5, 0.6) is 0 Å². The predicted molar refractivity (Wildman–Crippen MR) is 57.6 cm³/mol. The monoisotopic (exact) mass is 302 g/mol. The Morgan fingerprint density at radius 1 is 0.900 bits per heavy atom. The van der Waals surface area contributed by atoms with Crippen LogP contribution in [0.2, 0.25) is 0 Å². The fourth-order valence-corrected chi connectivity index (χ4v) is 1.84. The molecule has 0 radical (unpaired) electrons. The molecule has 0 aliphatic carbocycles. The molecule has 0 bridgehead atoms. The van der Waals surface area contributed by atoms with Crippen LogP contribution < -0.4 is 0 Å². The van der Waals surface area contributed by atoms with E-state index in [2.05, 4.69) is 0 Å². The second-order valence-electron chi connectivity index (χ2n) is 4.41. The van der Waals surface area contributed by atoms with Crippen molar-refractivity contribution in [3.05, 3.63) is 35.9 Å². The summed E-state index contributed by atoms with van der Waals surface area (Å²) in [7, 11) is 0. The molecule has 0 spiro atoms. The minimum Gasteiger partial charge on any atom is -0.388 e. The SMILES string of the molecule is C[C@H]([C@@H](O)c1ccccc1)C(O)(C(F)(F)F)C(F)(F)F. The van der Waals surface area contributed by atoms with Gasteiger partial charge in [-0.1, -0.05) is 37.3 Å². The van der Waals surface area contributed by atoms with Crippen molar-refractivity contribution in [3.63, 3.8) is 0 Å². The lowest BCUT2D eigenvalue weighted by atomic mass is 9.81. The van der Waals surface area contributed by atoms with Gasteiger partial charge in [0.15, 0.2) is 0 Å². The molecule has 0 amide bonds. The molecule has 0 heterocycles. The van der Waals surface area contributed by atoms with E-state index in [-0.39, 0.29) is 5.56 Å². The van der Waals surface area contributed by atoms with Crippen LogP contribution in [0.4, 0.5) is 26.3 Å². The molecule has 1 aromatic rings. The topological polar surface area (TPSA) is 40.5 Å². The van der Waals surface area contributed by atoms with Gasteiger partial charge in [-0.05, 0) is 5.56 Å². The molecule has 0 aliphatic rings. The van der Waals surface area contributed by atoms with Crippen LogP contribution in [0.3, 0.4) is 0 Å². The molecule has 114 valence electrons. The molecule has 8 heteroatoms. The lowest BCUT2D eigenvalue weighted by Gasteiger charge is -2.39. The highest BCUT2D eigenvalue weighted by molar-refractivity contribution is 5.19. The maximum Gasteiger partial charge on any atom is 0.426 e. The van der Waals surface area contributed by atoms with E-state index in [4.69, 9.17) is 0 Å². The zero-order valence-corrected chi connectivity index (χ0v) is 10.2. The van der Waals surface area contributed by atoms with Crippen molar-refractivity contribution < 1.29 is 36.6 Å². The van der Waals surface area contributed by atoms with Crippen molar-refractivity contribution in [2.75, 3.05) is 0 Å². The molecule has 0 saturated carbocycles. The first kappa shape index (κ1) is 16.8. The minimum absolute atomic E-state index is 0.146. The van der Waals surface area contributed by atoms with E-state index >= 15 is 0 Å². The van der Waals surface area contributed by atoms with Crippen molar-refractivity contribution in [1.29, 1.82) is 0 Å². The minimum atomic E-state index is -5.96. The third kappa shape index (κ3) is 2.76. The average Bonchev–Trinajstić information content (AvgIpc) is 2.34. The van der Waals surface area contributed by atoms with Crippen molar-refractivity contribution >= 4 is 0 Å². The average molecular weight is 302 g/mol. The van der Waals surface area contributed by atoms with Gasteiger partial charge in [0.25, 0.3) is 5.60 Å². The Labute approximate surface area is 110 Å². The van der Waals surface area contributed by atoms with Gasteiger partial charge in [0, 0.05) is 5.92 Å². The molecular formula is C12H12F6O2. The van der Waals surface area contributed by atoms with Crippen LogP contribution in [-0.2, 0) is 0 Å². The van der Waals surface area contributed by atoms with Crippen LogP contribution in [0, 0.1) is 5.92 Å². The number of rotatable bonds is 3. The molecule has 2 nitrogen and oxygen atoms in total. The zero-order chi connectivity index (χ0) is 15.8. The van der Waals surface area contributed by atoms with Gasteiger partial charge >= 0.3 is 12.4 Å². The van der Waals surface area contributed by atoms with E-state index in [0.29, 0.717) is 6.92 Å². The fraction of sp³-hybridized carbons (Fsp3) is 0.500. The van der Waals surface area contributed by atoms with E-state index in [1.165, 1.54) is 30.3 Å². The van der Waals surface area contributed by atoms with Crippen LogP contribution in [-0.4, -0.2) is 28.2 Å². The second kappa shape index (κ2) is 5.25. The zero-order valence-electron chi connectivity index (χ0n) is 10.2. The Hall–Kier alpha value is -1.28. The number of hydrogen-bond donors (Lipinski definition) is 2. The van der Waals surface area contributed by atoms with Crippen molar-refractivity contribution in [3.8, 4) is 0 Å². The van der Waals surface area contributed by atoms with Crippen LogP contribution in [0.1, 0.15) is 18.6 Å². The highest BCUT2D eigenvalue weighted by Crippen LogP contribution is 2.50. The summed E-state index contributed by atoms with van der Waals surface area (Å²) in [5, 5.41) is 18.9. The quantitative estimate of drug-likeness (QED) is 0.842. The summed E-state index contributed by atoms with van der Waals surface area (Å²) in [6.07, 6.45) is -14.0. The Kier molecular flexibility index (Phi) is 4.40. The van der Waals surface area contributed by atoms with E-state index in [1.54, 1.807) is 0 Å². The lowest BCUT2D eigenvalue weighted by Crippen LogP contribution is -2.62. The summed E-state index contributed by atoms with van der Waals surface area (Å²) in [6.45, 7) is 0.499. The highest BCUT2D eigenvalue weighted by Gasteiger charge is 2.73. The molecule has 2 atom stereocenters. The first-order valence-corrected chi connectivity index (χ1v) is 5.51. The van der Waals surface area contributed by atoms with E-state index in [1.807, 2.05) is 0 Å². The molecule has 0 aromatic heterocycles. The molecule has 20 heavy (non-hydrogen) atoms. The largest absolute Gasteiger partial charge is 0.426 e. The maximum atomic E-state index is 12.6. The number of benzene rings is 1. The number of alkyl halides is 6. The molecular weight excluding hydrogens is 290 g/mol. The normalized spacial score (nSPS) is 16.9. The number of halogens is 6. The summed E-state index contributed by atoms with van der Waals surface area (Å²) in [5.41, 5.74) is -5.14. The van der Waals surface area contributed by atoms with Crippen LogP contribution in [0.15, 0.2) is 30.3 Å². The molecule has 1 aromatic carbocycles. The van der Waals surface area contributed by atoms with Gasteiger partial charge in [-0.2, -0.15) is 26.3 Å². The molecule has 0 unspecified atom stereocenters. The van der Waals surface area contributed by atoms with Crippen molar-refractivity contribution in [2.45, 2.75) is 31.0 Å². The predicted octanol–water partition coefficient (Wildman–Crippen LogP) is 3.21. The van der Waals surface area contributed by atoms with Crippen molar-refractivity contribution in [1.82, 2.24) is 0 Å².